The molecular weight excluding hydrogens is 494 g/mol. The van der Waals surface area contributed by atoms with Gasteiger partial charge in [0, 0.05) is 0 Å². The Morgan fingerprint density at radius 1 is 0.853 bits per heavy atom. The van der Waals surface area contributed by atoms with Crippen LogP contribution in [0, 0.1) is 11.8 Å². The van der Waals surface area contributed by atoms with Gasteiger partial charge in [0.1, 0.15) is 0 Å². The van der Waals surface area contributed by atoms with E-state index in [0.29, 0.717) is 11.8 Å². The van der Waals surface area contributed by atoms with Crippen LogP contribution < -0.4 is 3.86 Å². The summed E-state index contributed by atoms with van der Waals surface area (Å²) in [7, 11) is -0.962. The fourth-order valence-corrected chi connectivity index (χ4v) is 12.2. The first kappa shape index (κ1) is 26.7. The van der Waals surface area contributed by atoms with Crippen molar-refractivity contribution >= 4 is 30.6 Å². The van der Waals surface area contributed by atoms with Gasteiger partial charge in [-0.15, -0.1) is 0 Å². The number of rotatable bonds is 5. The topological polar surface area (TPSA) is 9.72 Å². The molecule has 188 valence electrons. The van der Waals surface area contributed by atoms with E-state index in [1.807, 2.05) is 5.31 Å². The van der Waals surface area contributed by atoms with Crippen LogP contribution in [0.1, 0.15) is 111 Å². The predicted molar refractivity (Wildman–Crippen MR) is 153 cm³/mol. The number of hydrogen-bond acceptors (Lipinski definition) is 3. The maximum absolute atomic E-state index is 2.91. The molecule has 0 unspecified atom stereocenters. The van der Waals surface area contributed by atoms with Crippen molar-refractivity contribution in [1.29, 1.82) is 0 Å². The molecule has 0 amide bonds. The number of para-hydroxylation sites is 1. The van der Waals surface area contributed by atoms with Crippen LogP contribution in [0.15, 0.2) is 29.2 Å². The molecule has 1 saturated heterocycles. The van der Waals surface area contributed by atoms with Crippen molar-refractivity contribution in [3.05, 3.63) is 40.3 Å². The Morgan fingerprint density at radius 2 is 1.32 bits per heavy atom. The molecule has 2 aliphatic carbocycles. The first-order valence-corrected chi connectivity index (χ1v) is 16.1. The molecule has 4 rings (SSSR count). The zero-order valence-electron chi connectivity index (χ0n) is 23.5. The molecule has 3 nitrogen and oxygen atoms in total. The van der Waals surface area contributed by atoms with Crippen LogP contribution >= 0.6 is 8.22 Å². The number of nitrogens with zero attached hydrogens (tertiary/aromatic N) is 3. The molecule has 0 N–H and O–H groups in total. The average molecular weight is 543 g/mol. The third-order valence-electron chi connectivity index (χ3n) is 8.27. The maximum atomic E-state index is 2.91. The Morgan fingerprint density at radius 3 is 1.76 bits per heavy atom. The van der Waals surface area contributed by atoms with Crippen molar-refractivity contribution in [2.75, 3.05) is 16.9 Å². The van der Waals surface area contributed by atoms with Crippen LogP contribution in [0.3, 0.4) is 0 Å². The van der Waals surface area contributed by atoms with Crippen LogP contribution in [0.4, 0.5) is 5.69 Å². The van der Waals surface area contributed by atoms with Gasteiger partial charge in [0.25, 0.3) is 0 Å². The van der Waals surface area contributed by atoms with Crippen molar-refractivity contribution in [1.82, 2.24) is 9.34 Å². The van der Waals surface area contributed by atoms with E-state index >= 15 is 0 Å². The first-order chi connectivity index (χ1) is 15.7. The van der Waals surface area contributed by atoms with E-state index in [2.05, 4.69) is 101 Å². The van der Waals surface area contributed by atoms with Crippen LogP contribution in [-0.4, -0.2) is 50.2 Å². The van der Waals surface area contributed by atoms with Crippen molar-refractivity contribution in [2.45, 2.75) is 111 Å². The van der Waals surface area contributed by atoms with E-state index in [0.717, 1.165) is 11.8 Å². The molecule has 1 heterocycles. The summed E-state index contributed by atoms with van der Waals surface area (Å²) >= 11 is 1.80. The molecule has 2 radical (unpaired) electrons. The van der Waals surface area contributed by atoms with Crippen LogP contribution in [-0.2, 0) is 0 Å². The molecule has 1 aliphatic heterocycles. The van der Waals surface area contributed by atoms with Crippen molar-refractivity contribution in [3.8, 4) is 0 Å². The Bertz CT molecular complexity index is 891. The standard InChI is InChI=1S/C29H48GeN3P/c1-19(2)23-12-11-13-24(20(3)4)26(23)33(30)25-21-14-15-22(18-21)27(25)34-31(28(5,6)7)16-17-32(34)29(8,9)10/h11-13,19-22,30H,14-18H2,1-10H3/p+1/t21-,22+/m1/s1. The third-order valence-corrected chi connectivity index (χ3v) is 13.3. The van der Waals surface area contributed by atoms with E-state index in [4.69, 9.17) is 0 Å². The Labute approximate surface area is 220 Å². The molecule has 0 spiro atoms. The Kier molecular flexibility index (Phi) is 7.47. The number of anilines is 1. The molecule has 2 bridgehead atoms. The van der Waals surface area contributed by atoms with Crippen LogP contribution in [0.5, 0.6) is 0 Å². The van der Waals surface area contributed by atoms with Crippen molar-refractivity contribution in [3.63, 3.8) is 0 Å². The van der Waals surface area contributed by atoms with Gasteiger partial charge in [0.05, 0.1) is 0 Å². The molecule has 1 saturated carbocycles. The van der Waals surface area contributed by atoms with Gasteiger partial charge >= 0.3 is 221 Å². The summed E-state index contributed by atoms with van der Waals surface area (Å²) in [6.45, 7) is 26.5. The summed E-state index contributed by atoms with van der Waals surface area (Å²) in [5.74, 6) is 2.60. The van der Waals surface area contributed by atoms with Gasteiger partial charge in [-0.1, -0.05) is 0 Å². The minimum atomic E-state index is -0.962. The summed E-state index contributed by atoms with van der Waals surface area (Å²) in [4.78, 5) is 0. The number of fused-ring (bicyclic) bond motifs is 2. The van der Waals surface area contributed by atoms with Crippen molar-refractivity contribution < 1.29 is 0 Å². The molecule has 2 atom stereocenters. The van der Waals surface area contributed by atoms with Gasteiger partial charge in [-0.3, -0.25) is 0 Å². The van der Waals surface area contributed by atoms with Gasteiger partial charge in [-0.2, -0.15) is 0 Å². The number of hydrogen-bond donors (Lipinski definition) is 0. The SMILES string of the molecule is CC(C)c1cccc(C(C)C)c1[N]([GeH])C1=C([PH+]2N(C(C)(C)C)CCN2C(C)(C)C)[C@H]2CC[C@@H]1C2. The molecule has 0 aromatic heterocycles. The van der Waals surface area contributed by atoms with Crippen LogP contribution in [0.2, 0.25) is 0 Å². The van der Waals surface area contributed by atoms with E-state index in [1.165, 1.54) is 49.2 Å². The predicted octanol–water partition coefficient (Wildman–Crippen LogP) is 7.46. The quantitative estimate of drug-likeness (QED) is 0.282. The number of benzene rings is 1. The summed E-state index contributed by atoms with van der Waals surface area (Å²) in [5, 5.41) is 1.86. The van der Waals surface area contributed by atoms with Crippen molar-refractivity contribution in [2.24, 2.45) is 11.8 Å². The molecule has 1 aromatic carbocycles. The van der Waals surface area contributed by atoms with Gasteiger partial charge in [0.2, 0.25) is 0 Å². The normalized spacial score (nSPS) is 25.0. The van der Waals surface area contributed by atoms with E-state index in [-0.39, 0.29) is 11.1 Å². The molecule has 3 aliphatic rings. The minimum absolute atomic E-state index is 0.205. The summed E-state index contributed by atoms with van der Waals surface area (Å²) < 4.78 is 8.59. The summed E-state index contributed by atoms with van der Waals surface area (Å²) in [6.07, 6.45) is 4.17. The zero-order valence-corrected chi connectivity index (χ0v) is 26.9. The molecule has 34 heavy (non-hydrogen) atoms. The average Bonchev–Trinajstić information content (AvgIpc) is 3.45. The Balaban J connectivity index is 1.92. The third kappa shape index (κ3) is 4.69. The Hall–Kier alpha value is -0.347. The van der Waals surface area contributed by atoms with Gasteiger partial charge < -0.3 is 0 Å². The zero-order chi connectivity index (χ0) is 25.2. The van der Waals surface area contributed by atoms with E-state index < -0.39 is 8.22 Å². The monoisotopic (exact) mass is 544 g/mol. The number of allylic oxidation sites excluding steroid dienone is 2. The fourth-order valence-electron chi connectivity index (χ4n) is 6.61. The first-order valence-electron chi connectivity index (χ1n) is 13.6. The van der Waals surface area contributed by atoms with Crippen LogP contribution in [0.25, 0.3) is 0 Å². The van der Waals surface area contributed by atoms with E-state index in [1.54, 1.807) is 22.4 Å². The second-order valence-corrected chi connectivity index (χ2v) is 16.8. The van der Waals surface area contributed by atoms with Gasteiger partial charge in [-0.25, -0.2) is 0 Å². The summed E-state index contributed by atoms with van der Waals surface area (Å²) in [5.41, 5.74) is 6.71. The van der Waals surface area contributed by atoms with Gasteiger partial charge in [-0.05, 0) is 0 Å². The second kappa shape index (κ2) is 9.51. The molecule has 2 fully saturated rings. The molecule has 5 heteroatoms. The summed E-state index contributed by atoms with van der Waals surface area (Å²) in [6, 6.07) is 7.06. The van der Waals surface area contributed by atoms with E-state index in [9.17, 15) is 0 Å². The molecule has 1 aromatic rings. The second-order valence-electron chi connectivity index (χ2n) is 13.4. The van der Waals surface area contributed by atoms with Gasteiger partial charge in [0.15, 0.2) is 0 Å². The molecular formula is C29H49GeN3P+. The fraction of sp³-hybridized carbons (Fsp3) is 0.724.